The standard InChI is InChI=1S/C22H23N3O5S/c1-15-4-3-5-18(12-15)31(28,29)25-14-17(7-9-22(26)27)30-21-8-6-16(13-20(21)25)19-10-11-24(2)23-19/h3-6,8,10-13,17H,7,9,14H2,1-2H3,(H,26,27)/t17-/m0/s1. The Bertz CT molecular complexity index is 1240. The molecule has 8 nitrogen and oxygen atoms in total. The van der Waals surface area contributed by atoms with Gasteiger partial charge in [0.05, 0.1) is 22.8 Å². The first-order chi connectivity index (χ1) is 14.7. The molecule has 162 valence electrons. The molecule has 0 radical (unpaired) electrons. The summed E-state index contributed by atoms with van der Waals surface area (Å²) < 4.78 is 36.1. The van der Waals surface area contributed by atoms with Crippen LogP contribution in [0.5, 0.6) is 5.75 Å². The molecule has 4 rings (SSSR count). The Morgan fingerprint density at radius 2 is 2.03 bits per heavy atom. The molecule has 0 saturated heterocycles. The second kappa shape index (κ2) is 8.07. The molecular weight excluding hydrogens is 418 g/mol. The van der Waals surface area contributed by atoms with Gasteiger partial charge in [0.25, 0.3) is 10.0 Å². The average molecular weight is 442 g/mol. The van der Waals surface area contributed by atoms with E-state index in [1.165, 1.54) is 4.31 Å². The molecule has 9 heteroatoms. The molecule has 0 bridgehead atoms. The molecular formula is C22H23N3O5S. The third-order valence-electron chi connectivity index (χ3n) is 5.16. The largest absolute Gasteiger partial charge is 0.486 e. The second-order valence-corrected chi connectivity index (χ2v) is 9.44. The molecule has 1 aliphatic heterocycles. The predicted octanol–water partition coefficient (Wildman–Crippen LogP) is 3.22. The molecule has 1 aromatic heterocycles. The fraction of sp³-hybridized carbons (Fsp3) is 0.273. The minimum Gasteiger partial charge on any atom is -0.486 e. The Hall–Kier alpha value is -3.33. The molecule has 0 spiro atoms. The SMILES string of the molecule is Cc1cccc(S(=O)(=O)N2C[C@H](CCC(=O)O)Oc3ccc(-c4ccn(C)n4)cc32)c1. The molecule has 0 amide bonds. The van der Waals surface area contributed by atoms with Gasteiger partial charge in [-0.25, -0.2) is 8.42 Å². The van der Waals surface area contributed by atoms with Crippen molar-refractivity contribution in [3.63, 3.8) is 0 Å². The van der Waals surface area contributed by atoms with Crippen molar-refractivity contribution in [2.24, 2.45) is 7.05 Å². The number of nitrogens with zero attached hydrogens (tertiary/aromatic N) is 3. The van der Waals surface area contributed by atoms with Gasteiger partial charge in [-0.05, 0) is 55.3 Å². The number of hydrogen-bond acceptors (Lipinski definition) is 5. The number of aryl methyl sites for hydroxylation is 2. The van der Waals surface area contributed by atoms with Crippen molar-refractivity contribution < 1.29 is 23.1 Å². The van der Waals surface area contributed by atoms with Crippen LogP contribution in [-0.2, 0) is 21.9 Å². The number of anilines is 1. The summed E-state index contributed by atoms with van der Waals surface area (Å²) in [6.45, 7) is 1.86. The third kappa shape index (κ3) is 4.27. The second-order valence-electron chi connectivity index (χ2n) is 7.58. The molecule has 3 aromatic rings. The molecule has 1 aliphatic rings. The van der Waals surface area contributed by atoms with E-state index in [9.17, 15) is 13.2 Å². The Morgan fingerprint density at radius 1 is 1.23 bits per heavy atom. The van der Waals surface area contributed by atoms with Crippen molar-refractivity contribution in [2.45, 2.75) is 30.8 Å². The summed E-state index contributed by atoms with van der Waals surface area (Å²) in [4.78, 5) is 11.2. The summed E-state index contributed by atoms with van der Waals surface area (Å²) >= 11 is 0. The Kier molecular flexibility index (Phi) is 5.45. The summed E-state index contributed by atoms with van der Waals surface area (Å²) in [5.74, 6) is -0.550. The maximum Gasteiger partial charge on any atom is 0.303 e. The van der Waals surface area contributed by atoms with Crippen LogP contribution in [0.2, 0.25) is 0 Å². The Balaban J connectivity index is 1.79. The summed E-state index contributed by atoms with van der Waals surface area (Å²) in [6.07, 6.45) is 1.35. The van der Waals surface area contributed by atoms with Crippen molar-refractivity contribution in [1.82, 2.24) is 9.78 Å². The lowest BCUT2D eigenvalue weighted by Gasteiger charge is -2.35. The molecule has 1 atom stereocenters. The molecule has 0 aliphatic carbocycles. The zero-order valence-corrected chi connectivity index (χ0v) is 18.0. The first-order valence-corrected chi connectivity index (χ1v) is 11.3. The van der Waals surface area contributed by atoms with Crippen LogP contribution in [0.15, 0.2) is 59.6 Å². The lowest BCUT2D eigenvalue weighted by molar-refractivity contribution is -0.137. The van der Waals surface area contributed by atoms with Crippen molar-refractivity contribution in [1.29, 1.82) is 0 Å². The van der Waals surface area contributed by atoms with E-state index in [1.807, 2.05) is 38.4 Å². The third-order valence-corrected chi connectivity index (χ3v) is 6.93. The van der Waals surface area contributed by atoms with Crippen LogP contribution in [0, 0.1) is 6.92 Å². The molecule has 0 unspecified atom stereocenters. The number of rotatable bonds is 6. The lowest BCUT2D eigenvalue weighted by atomic mass is 10.1. The van der Waals surface area contributed by atoms with Crippen molar-refractivity contribution in [3.8, 4) is 17.0 Å². The van der Waals surface area contributed by atoms with Crippen molar-refractivity contribution >= 4 is 21.7 Å². The maximum atomic E-state index is 13.6. The zero-order chi connectivity index (χ0) is 22.2. The number of benzene rings is 2. The molecule has 31 heavy (non-hydrogen) atoms. The highest BCUT2D eigenvalue weighted by Crippen LogP contribution is 2.40. The highest BCUT2D eigenvalue weighted by molar-refractivity contribution is 7.92. The lowest BCUT2D eigenvalue weighted by Crippen LogP contribution is -2.43. The van der Waals surface area contributed by atoms with Gasteiger partial charge in [0.2, 0.25) is 0 Å². The Labute approximate surface area is 180 Å². The van der Waals surface area contributed by atoms with Gasteiger partial charge in [-0.1, -0.05) is 12.1 Å². The van der Waals surface area contributed by atoms with Crippen LogP contribution in [-0.4, -0.2) is 41.9 Å². The van der Waals surface area contributed by atoms with E-state index in [-0.39, 0.29) is 24.3 Å². The predicted molar refractivity (Wildman–Crippen MR) is 116 cm³/mol. The van der Waals surface area contributed by atoms with Gasteiger partial charge >= 0.3 is 5.97 Å². The van der Waals surface area contributed by atoms with E-state index in [0.717, 1.165) is 11.1 Å². The van der Waals surface area contributed by atoms with Gasteiger partial charge in [-0.3, -0.25) is 13.8 Å². The van der Waals surface area contributed by atoms with E-state index < -0.39 is 22.1 Å². The van der Waals surface area contributed by atoms with Gasteiger partial charge < -0.3 is 9.84 Å². The van der Waals surface area contributed by atoms with E-state index in [1.54, 1.807) is 35.0 Å². The number of hydrogen-bond donors (Lipinski definition) is 1. The van der Waals surface area contributed by atoms with Crippen LogP contribution < -0.4 is 9.04 Å². The molecule has 1 N–H and O–H groups in total. The molecule has 2 heterocycles. The minimum absolute atomic E-state index is 0.0300. The number of aliphatic carboxylic acids is 1. The average Bonchev–Trinajstić information content (AvgIpc) is 3.17. The number of sulfonamides is 1. The first kappa shape index (κ1) is 20.9. The van der Waals surface area contributed by atoms with Gasteiger partial charge in [0.15, 0.2) is 0 Å². The van der Waals surface area contributed by atoms with Crippen LogP contribution >= 0.6 is 0 Å². The highest BCUT2D eigenvalue weighted by Gasteiger charge is 2.35. The number of carboxylic acids is 1. The maximum absolute atomic E-state index is 13.6. The fourth-order valence-electron chi connectivity index (χ4n) is 3.61. The van der Waals surface area contributed by atoms with Gasteiger partial charge in [0.1, 0.15) is 11.9 Å². The molecule has 2 aromatic carbocycles. The first-order valence-electron chi connectivity index (χ1n) is 9.86. The van der Waals surface area contributed by atoms with Gasteiger partial charge in [0, 0.05) is 25.2 Å². The van der Waals surface area contributed by atoms with E-state index in [0.29, 0.717) is 17.1 Å². The molecule has 0 saturated carbocycles. The van der Waals surface area contributed by atoms with Crippen LogP contribution in [0.25, 0.3) is 11.3 Å². The van der Waals surface area contributed by atoms with Crippen molar-refractivity contribution in [3.05, 3.63) is 60.3 Å². The smallest absolute Gasteiger partial charge is 0.303 e. The van der Waals surface area contributed by atoms with Gasteiger partial charge in [-0.15, -0.1) is 0 Å². The summed E-state index contributed by atoms with van der Waals surface area (Å²) in [5.41, 5.74) is 2.72. The van der Waals surface area contributed by atoms with E-state index in [4.69, 9.17) is 9.84 Å². The Morgan fingerprint density at radius 3 is 2.71 bits per heavy atom. The zero-order valence-electron chi connectivity index (χ0n) is 17.2. The van der Waals surface area contributed by atoms with Crippen LogP contribution in [0.3, 0.4) is 0 Å². The van der Waals surface area contributed by atoms with E-state index in [2.05, 4.69) is 5.10 Å². The van der Waals surface area contributed by atoms with E-state index >= 15 is 0 Å². The fourth-order valence-corrected chi connectivity index (χ4v) is 5.21. The minimum atomic E-state index is -3.88. The number of carbonyl (C=O) groups is 1. The van der Waals surface area contributed by atoms with Crippen LogP contribution in [0.4, 0.5) is 5.69 Å². The number of fused-ring (bicyclic) bond motifs is 1. The normalized spacial score (nSPS) is 15.9. The number of carboxylic acid groups (broad SMARTS) is 1. The summed E-state index contributed by atoms with van der Waals surface area (Å²) in [7, 11) is -2.07. The number of ether oxygens (including phenoxy) is 1. The number of aromatic nitrogens is 2. The summed E-state index contributed by atoms with van der Waals surface area (Å²) in [5, 5.41) is 13.4. The van der Waals surface area contributed by atoms with Crippen LogP contribution in [0.1, 0.15) is 18.4 Å². The van der Waals surface area contributed by atoms with Crippen molar-refractivity contribution in [2.75, 3.05) is 10.8 Å². The molecule has 0 fully saturated rings. The summed E-state index contributed by atoms with van der Waals surface area (Å²) in [6, 6.07) is 13.9. The quantitative estimate of drug-likeness (QED) is 0.630. The highest BCUT2D eigenvalue weighted by atomic mass is 32.2. The monoisotopic (exact) mass is 441 g/mol. The topological polar surface area (TPSA) is 102 Å². The van der Waals surface area contributed by atoms with Gasteiger partial charge in [-0.2, -0.15) is 5.10 Å².